The summed E-state index contributed by atoms with van der Waals surface area (Å²) in [5.74, 6) is 0. The number of rotatable bonds is 5. The predicted octanol–water partition coefficient (Wildman–Crippen LogP) is 15.3. The Morgan fingerprint density at radius 3 is 1.96 bits per heavy atom. The van der Waals surface area contributed by atoms with Gasteiger partial charge >= 0.3 is 0 Å². The highest BCUT2D eigenvalue weighted by atomic mass is 32.1. The van der Waals surface area contributed by atoms with Gasteiger partial charge in [-0.2, -0.15) is 0 Å². The van der Waals surface area contributed by atoms with Crippen molar-refractivity contribution in [1.82, 2.24) is 4.57 Å². The maximum atomic E-state index is 6.71. The van der Waals surface area contributed by atoms with Crippen LogP contribution in [0.3, 0.4) is 0 Å². The highest BCUT2D eigenvalue weighted by molar-refractivity contribution is 7.25. The third kappa shape index (κ3) is 4.63. The van der Waals surface area contributed by atoms with Crippen molar-refractivity contribution in [2.75, 3.05) is 4.90 Å². The largest absolute Gasteiger partial charge is 0.456 e. The fraction of sp³-hybridized carbons (Fsp3) is 0. The van der Waals surface area contributed by atoms with E-state index in [0.717, 1.165) is 61.3 Å². The number of furan rings is 1. The first-order valence-corrected chi connectivity index (χ1v) is 19.8. The first-order valence-electron chi connectivity index (χ1n) is 19.0. The molecular weight excluding hydrogens is 701 g/mol. The number of hydrogen-bond acceptors (Lipinski definition) is 3. The lowest BCUT2D eigenvalue weighted by atomic mass is 9.94. The monoisotopic (exact) mass is 732 g/mol. The van der Waals surface area contributed by atoms with Gasteiger partial charge in [-0.25, -0.2) is 0 Å². The first kappa shape index (κ1) is 31.2. The summed E-state index contributed by atoms with van der Waals surface area (Å²) in [6.07, 6.45) is 0. The maximum absolute atomic E-state index is 6.71. The molecule has 0 bridgehead atoms. The fourth-order valence-electron chi connectivity index (χ4n) is 8.94. The fourth-order valence-corrected chi connectivity index (χ4v) is 10.0. The molecule has 3 aromatic heterocycles. The number of thiophene rings is 1. The van der Waals surface area contributed by atoms with Crippen molar-refractivity contribution in [3.63, 3.8) is 0 Å². The minimum absolute atomic E-state index is 0.879. The van der Waals surface area contributed by atoms with Crippen LogP contribution >= 0.6 is 11.3 Å². The van der Waals surface area contributed by atoms with Crippen LogP contribution in [0.2, 0.25) is 0 Å². The van der Waals surface area contributed by atoms with Gasteiger partial charge in [0.2, 0.25) is 0 Å². The van der Waals surface area contributed by atoms with E-state index in [2.05, 4.69) is 204 Å². The predicted molar refractivity (Wildman–Crippen MR) is 239 cm³/mol. The van der Waals surface area contributed by atoms with Gasteiger partial charge in [-0.05, 0) is 71.6 Å². The molecule has 0 aliphatic rings. The van der Waals surface area contributed by atoms with Crippen LogP contribution < -0.4 is 4.90 Å². The first-order chi connectivity index (χ1) is 27.8. The van der Waals surface area contributed by atoms with Gasteiger partial charge < -0.3 is 13.9 Å². The number of fused-ring (bicyclic) bond motifs is 10. The summed E-state index contributed by atoms with van der Waals surface area (Å²) in [5, 5.41) is 9.63. The molecule has 0 fully saturated rings. The second-order valence-electron chi connectivity index (χ2n) is 14.5. The quantitative estimate of drug-likeness (QED) is 0.176. The lowest BCUT2D eigenvalue weighted by Crippen LogP contribution is -2.10. The van der Waals surface area contributed by atoms with Gasteiger partial charge in [0.15, 0.2) is 0 Å². The topological polar surface area (TPSA) is 21.3 Å². The summed E-state index contributed by atoms with van der Waals surface area (Å²) < 4.78 is 11.8. The minimum Gasteiger partial charge on any atom is -0.456 e. The van der Waals surface area contributed by atoms with E-state index < -0.39 is 0 Å². The van der Waals surface area contributed by atoms with Crippen LogP contribution in [-0.2, 0) is 0 Å². The van der Waals surface area contributed by atoms with E-state index in [0.29, 0.717) is 0 Å². The Bertz CT molecular complexity index is 3480. The Balaban J connectivity index is 1.22. The summed E-state index contributed by atoms with van der Waals surface area (Å²) in [5.41, 5.74) is 10.8. The van der Waals surface area contributed by atoms with Crippen LogP contribution in [0.15, 0.2) is 199 Å². The molecule has 0 aliphatic carbocycles. The highest BCUT2D eigenvalue weighted by Gasteiger charge is 2.25. The molecule has 9 aromatic carbocycles. The van der Waals surface area contributed by atoms with Gasteiger partial charge in [0, 0.05) is 75.8 Å². The van der Waals surface area contributed by atoms with Crippen LogP contribution in [0.25, 0.3) is 91.5 Å². The lowest BCUT2D eigenvalue weighted by molar-refractivity contribution is 0.669. The minimum atomic E-state index is 0.879. The molecule has 12 aromatic rings. The van der Waals surface area contributed by atoms with Crippen LogP contribution in [0, 0.1) is 0 Å². The number of hydrogen-bond donors (Lipinski definition) is 0. The molecule has 0 aliphatic heterocycles. The van der Waals surface area contributed by atoms with Crippen molar-refractivity contribution in [3.8, 4) is 16.8 Å². The van der Waals surface area contributed by atoms with Gasteiger partial charge in [0.25, 0.3) is 0 Å². The Morgan fingerprint density at radius 2 is 1.09 bits per heavy atom. The lowest BCUT2D eigenvalue weighted by Gasteiger charge is -2.26. The molecule has 56 heavy (non-hydrogen) atoms. The van der Waals surface area contributed by atoms with Crippen molar-refractivity contribution >= 4 is 103 Å². The van der Waals surface area contributed by atoms with E-state index in [9.17, 15) is 0 Å². The molecule has 4 heteroatoms. The summed E-state index contributed by atoms with van der Waals surface area (Å²) in [4.78, 5) is 2.40. The van der Waals surface area contributed by atoms with Gasteiger partial charge in [-0.1, -0.05) is 127 Å². The van der Waals surface area contributed by atoms with Crippen molar-refractivity contribution < 1.29 is 4.42 Å². The Morgan fingerprint density at radius 1 is 0.411 bits per heavy atom. The van der Waals surface area contributed by atoms with Gasteiger partial charge in [0.1, 0.15) is 11.2 Å². The third-order valence-corrected chi connectivity index (χ3v) is 12.5. The molecule has 0 N–H and O–H groups in total. The second-order valence-corrected chi connectivity index (χ2v) is 15.6. The van der Waals surface area contributed by atoms with E-state index in [1.54, 1.807) is 0 Å². The number of aromatic nitrogens is 1. The normalized spacial score (nSPS) is 11.9. The molecule has 3 heterocycles. The highest BCUT2D eigenvalue weighted by Crippen LogP contribution is 2.48. The summed E-state index contributed by atoms with van der Waals surface area (Å²) in [7, 11) is 0. The molecule has 0 amide bonds. The van der Waals surface area contributed by atoms with Gasteiger partial charge in [0.05, 0.1) is 16.7 Å². The van der Waals surface area contributed by atoms with Gasteiger partial charge in [-0.3, -0.25) is 0 Å². The van der Waals surface area contributed by atoms with E-state index in [-0.39, 0.29) is 0 Å². The average Bonchev–Trinajstić information content (AvgIpc) is 3.92. The third-order valence-electron chi connectivity index (χ3n) is 11.3. The van der Waals surface area contributed by atoms with Crippen LogP contribution in [0.4, 0.5) is 17.1 Å². The second kappa shape index (κ2) is 12.2. The standard InChI is InChI=1S/C52H32N2OS/c1-3-15-34(16-4-1)50-51-40-28-26-37(53(35-18-5-2-6-19-35)36-27-29-49-42(30-36)39-21-10-12-25-48(39)56-49)31-44(40)54(43-23-13-17-33-14-7-8-20-38(33)43)45(51)32-47-52(50)41-22-9-11-24-46(41)55-47/h1-32H. The molecule has 0 radical (unpaired) electrons. The van der Waals surface area contributed by atoms with Crippen LogP contribution in [-0.4, -0.2) is 4.57 Å². The molecule has 0 saturated heterocycles. The smallest absolute Gasteiger partial charge is 0.138 e. The molecule has 3 nitrogen and oxygen atoms in total. The van der Waals surface area contributed by atoms with Crippen molar-refractivity contribution in [2.45, 2.75) is 0 Å². The molecule has 0 spiro atoms. The van der Waals surface area contributed by atoms with Crippen molar-refractivity contribution in [2.24, 2.45) is 0 Å². The number of nitrogens with zero attached hydrogens (tertiary/aromatic N) is 2. The molecule has 12 rings (SSSR count). The van der Waals surface area contributed by atoms with E-state index in [1.165, 1.54) is 47.3 Å². The SMILES string of the molecule is c1ccc(-c2c3c(cc4c2c2ccc(N(c5ccccc5)c5ccc6sc7ccccc7c6c5)cc2n4-c2cccc4ccccc24)oc2ccccc23)cc1. The summed E-state index contributed by atoms with van der Waals surface area (Å²) >= 11 is 1.85. The Hall–Kier alpha value is -7.14. The summed E-state index contributed by atoms with van der Waals surface area (Å²) in [6.45, 7) is 0. The summed E-state index contributed by atoms with van der Waals surface area (Å²) in [6, 6.07) is 70.2. The zero-order chi connectivity index (χ0) is 36.7. The van der Waals surface area contributed by atoms with E-state index in [1.807, 2.05) is 11.3 Å². The van der Waals surface area contributed by atoms with Crippen LogP contribution in [0.1, 0.15) is 0 Å². The van der Waals surface area contributed by atoms with Crippen LogP contribution in [0.5, 0.6) is 0 Å². The average molecular weight is 733 g/mol. The number of benzene rings is 9. The number of para-hydroxylation sites is 2. The van der Waals surface area contributed by atoms with Crippen molar-refractivity contribution in [3.05, 3.63) is 194 Å². The zero-order valence-corrected chi connectivity index (χ0v) is 31.0. The Labute approximate surface area is 326 Å². The Kier molecular flexibility index (Phi) is 6.80. The molecule has 262 valence electrons. The van der Waals surface area contributed by atoms with Crippen molar-refractivity contribution in [1.29, 1.82) is 0 Å². The molecule has 0 saturated carbocycles. The van der Waals surface area contributed by atoms with E-state index >= 15 is 0 Å². The molecular formula is C52H32N2OS. The molecule has 0 unspecified atom stereocenters. The van der Waals surface area contributed by atoms with E-state index in [4.69, 9.17) is 4.42 Å². The zero-order valence-electron chi connectivity index (χ0n) is 30.2. The van der Waals surface area contributed by atoms with Gasteiger partial charge in [-0.15, -0.1) is 11.3 Å². The molecule has 0 atom stereocenters. The maximum Gasteiger partial charge on any atom is 0.138 e. The number of anilines is 3.